The number of para-hydroxylation sites is 2. The lowest BCUT2D eigenvalue weighted by Gasteiger charge is -2.18. The van der Waals surface area contributed by atoms with Gasteiger partial charge in [0.15, 0.2) is 5.82 Å². The minimum Gasteiger partial charge on any atom is -0.365 e. The highest BCUT2D eigenvalue weighted by Gasteiger charge is 2.10. The summed E-state index contributed by atoms with van der Waals surface area (Å²) in [4.78, 5) is 14.1. The summed E-state index contributed by atoms with van der Waals surface area (Å²) in [6.45, 7) is 0.611. The zero-order chi connectivity index (χ0) is 16.8. The van der Waals surface area contributed by atoms with Crippen LogP contribution in [0.4, 0.5) is 5.69 Å². The number of nitrogens with one attached hydrogen (secondary N) is 1. The van der Waals surface area contributed by atoms with E-state index < -0.39 is 0 Å². The molecule has 2 aromatic carbocycles. The fraction of sp³-hybridized carbons (Fsp3) is 0.167. The van der Waals surface area contributed by atoms with Gasteiger partial charge in [0.2, 0.25) is 5.91 Å². The normalized spacial score (nSPS) is 10.4. The van der Waals surface area contributed by atoms with Crippen LogP contribution in [0.3, 0.4) is 0 Å². The molecule has 3 aromatic rings. The Labute approximate surface area is 140 Å². The standard InChI is InChI=1S/C18H19N5O/c1-22(15-8-4-2-5-9-15)13-18(24)19-12-17-21-20-14-23(17)16-10-6-3-7-11-16/h2-11,14H,12-13H2,1H3,(H,19,24). The lowest BCUT2D eigenvalue weighted by Crippen LogP contribution is -2.35. The number of nitrogens with zero attached hydrogens (tertiary/aromatic N) is 4. The Morgan fingerprint density at radius 2 is 1.75 bits per heavy atom. The van der Waals surface area contributed by atoms with Gasteiger partial charge >= 0.3 is 0 Å². The third-order valence-corrected chi connectivity index (χ3v) is 3.67. The quantitative estimate of drug-likeness (QED) is 0.754. The van der Waals surface area contributed by atoms with E-state index in [1.165, 1.54) is 0 Å². The summed E-state index contributed by atoms with van der Waals surface area (Å²) < 4.78 is 1.86. The van der Waals surface area contributed by atoms with Gasteiger partial charge in [0.05, 0.1) is 13.1 Å². The molecule has 0 atom stereocenters. The van der Waals surface area contributed by atoms with E-state index in [2.05, 4.69) is 15.5 Å². The van der Waals surface area contributed by atoms with Crippen molar-refractivity contribution in [3.63, 3.8) is 0 Å². The molecule has 1 amide bonds. The van der Waals surface area contributed by atoms with Crippen LogP contribution in [0.5, 0.6) is 0 Å². The molecule has 24 heavy (non-hydrogen) atoms. The molecule has 0 bridgehead atoms. The van der Waals surface area contributed by atoms with Crippen molar-refractivity contribution in [3.05, 3.63) is 72.8 Å². The monoisotopic (exact) mass is 321 g/mol. The maximum Gasteiger partial charge on any atom is 0.239 e. The smallest absolute Gasteiger partial charge is 0.239 e. The number of likely N-dealkylation sites (N-methyl/N-ethyl adjacent to an activating group) is 1. The molecule has 0 radical (unpaired) electrons. The van der Waals surface area contributed by atoms with E-state index in [1.807, 2.05) is 77.2 Å². The average molecular weight is 321 g/mol. The predicted molar refractivity (Wildman–Crippen MR) is 92.9 cm³/mol. The van der Waals surface area contributed by atoms with Crippen LogP contribution in [0.2, 0.25) is 0 Å². The largest absolute Gasteiger partial charge is 0.365 e. The second-order valence-corrected chi connectivity index (χ2v) is 5.42. The first kappa shape index (κ1) is 15.7. The molecular formula is C18H19N5O. The van der Waals surface area contributed by atoms with Crippen LogP contribution in [-0.4, -0.2) is 34.3 Å². The van der Waals surface area contributed by atoms with Crippen LogP contribution in [-0.2, 0) is 11.3 Å². The lowest BCUT2D eigenvalue weighted by atomic mass is 10.3. The molecule has 0 saturated carbocycles. The average Bonchev–Trinajstić information content (AvgIpc) is 3.10. The fourth-order valence-corrected chi connectivity index (χ4v) is 2.41. The Morgan fingerprint density at radius 1 is 1.08 bits per heavy atom. The van der Waals surface area contributed by atoms with Gasteiger partial charge in [0.1, 0.15) is 6.33 Å². The van der Waals surface area contributed by atoms with Crippen LogP contribution in [0.1, 0.15) is 5.82 Å². The summed E-state index contributed by atoms with van der Waals surface area (Å²) in [7, 11) is 1.89. The molecule has 6 heteroatoms. The van der Waals surface area contributed by atoms with E-state index in [-0.39, 0.29) is 12.5 Å². The summed E-state index contributed by atoms with van der Waals surface area (Å²) in [5, 5.41) is 10.9. The molecule has 1 aromatic heterocycles. The highest BCUT2D eigenvalue weighted by Crippen LogP contribution is 2.11. The molecule has 0 unspecified atom stereocenters. The minimum absolute atomic E-state index is 0.0658. The van der Waals surface area contributed by atoms with Crippen LogP contribution in [0.25, 0.3) is 5.69 Å². The zero-order valence-corrected chi connectivity index (χ0v) is 13.5. The van der Waals surface area contributed by atoms with Crippen molar-refractivity contribution in [1.82, 2.24) is 20.1 Å². The number of hydrogen-bond donors (Lipinski definition) is 1. The summed E-state index contributed by atoms with van der Waals surface area (Å²) >= 11 is 0. The first-order valence-corrected chi connectivity index (χ1v) is 7.71. The van der Waals surface area contributed by atoms with Crippen LogP contribution < -0.4 is 10.2 Å². The number of amides is 1. The number of aromatic nitrogens is 3. The molecule has 0 aliphatic carbocycles. The Balaban J connectivity index is 1.59. The maximum atomic E-state index is 12.2. The SMILES string of the molecule is CN(CC(=O)NCc1nncn1-c1ccccc1)c1ccccc1. The highest BCUT2D eigenvalue weighted by molar-refractivity contribution is 5.81. The fourth-order valence-electron chi connectivity index (χ4n) is 2.41. The van der Waals surface area contributed by atoms with E-state index in [4.69, 9.17) is 0 Å². The van der Waals surface area contributed by atoms with E-state index >= 15 is 0 Å². The van der Waals surface area contributed by atoms with Crippen molar-refractivity contribution in [3.8, 4) is 5.69 Å². The molecule has 0 spiro atoms. The van der Waals surface area contributed by atoms with Gasteiger partial charge < -0.3 is 10.2 Å². The van der Waals surface area contributed by atoms with Gasteiger partial charge in [-0.15, -0.1) is 10.2 Å². The number of rotatable bonds is 6. The van der Waals surface area contributed by atoms with Crippen molar-refractivity contribution in [2.24, 2.45) is 0 Å². The molecule has 3 rings (SSSR count). The first-order chi connectivity index (χ1) is 11.7. The molecule has 0 aliphatic rings. The Morgan fingerprint density at radius 3 is 2.46 bits per heavy atom. The van der Waals surface area contributed by atoms with Crippen molar-refractivity contribution in [2.45, 2.75) is 6.54 Å². The molecule has 1 heterocycles. The van der Waals surface area contributed by atoms with Gasteiger partial charge in [-0.2, -0.15) is 0 Å². The summed E-state index contributed by atoms with van der Waals surface area (Å²) in [6, 6.07) is 19.6. The number of anilines is 1. The van der Waals surface area contributed by atoms with E-state index in [9.17, 15) is 4.79 Å². The van der Waals surface area contributed by atoms with Crippen LogP contribution >= 0.6 is 0 Å². The molecule has 0 saturated heterocycles. The Bertz CT molecular complexity index is 785. The van der Waals surface area contributed by atoms with Gasteiger partial charge in [0, 0.05) is 18.4 Å². The Hall–Kier alpha value is -3.15. The zero-order valence-electron chi connectivity index (χ0n) is 13.5. The minimum atomic E-state index is -0.0658. The molecule has 0 aliphatic heterocycles. The molecular weight excluding hydrogens is 302 g/mol. The van der Waals surface area contributed by atoms with E-state index in [0.717, 1.165) is 11.4 Å². The number of hydrogen-bond acceptors (Lipinski definition) is 4. The number of carbonyl (C=O) groups excluding carboxylic acids is 1. The molecule has 0 fully saturated rings. The second-order valence-electron chi connectivity index (χ2n) is 5.42. The Kier molecular flexibility index (Phi) is 4.86. The lowest BCUT2D eigenvalue weighted by molar-refractivity contribution is -0.119. The highest BCUT2D eigenvalue weighted by atomic mass is 16.2. The van der Waals surface area contributed by atoms with Gasteiger partial charge in [-0.3, -0.25) is 9.36 Å². The molecule has 6 nitrogen and oxygen atoms in total. The van der Waals surface area contributed by atoms with Crippen molar-refractivity contribution in [1.29, 1.82) is 0 Å². The number of carbonyl (C=O) groups is 1. The van der Waals surface area contributed by atoms with Gasteiger partial charge in [-0.1, -0.05) is 36.4 Å². The molecule has 122 valence electrons. The van der Waals surface area contributed by atoms with Crippen molar-refractivity contribution >= 4 is 11.6 Å². The van der Waals surface area contributed by atoms with Crippen molar-refractivity contribution < 1.29 is 4.79 Å². The first-order valence-electron chi connectivity index (χ1n) is 7.71. The van der Waals surface area contributed by atoms with Gasteiger partial charge in [0.25, 0.3) is 0 Å². The second kappa shape index (κ2) is 7.41. The van der Waals surface area contributed by atoms with Crippen molar-refractivity contribution in [2.75, 3.05) is 18.5 Å². The van der Waals surface area contributed by atoms with E-state index in [1.54, 1.807) is 6.33 Å². The summed E-state index contributed by atoms with van der Waals surface area (Å²) in [5.74, 6) is 0.626. The van der Waals surface area contributed by atoms with Gasteiger partial charge in [-0.05, 0) is 24.3 Å². The van der Waals surface area contributed by atoms with Crippen LogP contribution in [0.15, 0.2) is 67.0 Å². The van der Waals surface area contributed by atoms with Crippen LogP contribution in [0, 0.1) is 0 Å². The maximum absolute atomic E-state index is 12.2. The summed E-state index contributed by atoms with van der Waals surface area (Å²) in [5.41, 5.74) is 1.97. The molecule has 1 N–H and O–H groups in total. The number of benzene rings is 2. The topological polar surface area (TPSA) is 63.1 Å². The third-order valence-electron chi connectivity index (χ3n) is 3.67. The predicted octanol–water partition coefficient (Wildman–Crippen LogP) is 2.02. The summed E-state index contributed by atoms with van der Waals surface area (Å²) in [6.07, 6.45) is 1.65. The van der Waals surface area contributed by atoms with E-state index in [0.29, 0.717) is 12.4 Å². The van der Waals surface area contributed by atoms with Gasteiger partial charge in [-0.25, -0.2) is 0 Å². The third kappa shape index (κ3) is 3.78.